The highest BCUT2D eigenvalue weighted by Crippen LogP contribution is 2.33. The van der Waals surface area contributed by atoms with Crippen molar-refractivity contribution in [3.8, 4) is 0 Å². The van der Waals surface area contributed by atoms with Crippen LogP contribution in [0, 0.1) is 11.8 Å². The average molecular weight is 362 g/mol. The van der Waals surface area contributed by atoms with Crippen molar-refractivity contribution >= 4 is 11.8 Å². The van der Waals surface area contributed by atoms with Crippen LogP contribution in [0.4, 0.5) is 26.3 Å². The summed E-state index contributed by atoms with van der Waals surface area (Å²) >= 11 is 0. The zero-order valence-electron chi connectivity index (χ0n) is 12.9. The van der Waals surface area contributed by atoms with Crippen LogP contribution in [0.2, 0.25) is 0 Å². The smallest absolute Gasteiger partial charge is 0.356 e. The highest BCUT2D eigenvalue weighted by Gasteiger charge is 2.41. The van der Waals surface area contributed by atoms with E-state index in [2.05, 4.69) is 10.6 Å². The Hall–Kier alpha value is -1.48. The number of hydrogen-bond acceptors (Lipinski definition) is 2. The molecule has 2 unspecified atom stereocenters. The highest BCUT2D eigenvalue weighted by atomic mass is 19.4. The summed E-state index contributed by atoms with van der Waals surface area (Å²) in [5.41, 5.74) is 0. The molecule has 2 N–H and O–H groups in total. The van der Waals surface area contributed by atoms with E-state index in [1.54, 1.807) is 0 Å². The summed E-state index contributed by atoms with van der Waals surface area (Å²) < 4.78 is 72.6. The van der Waals surface area contributed by atoms with Crippen LogP contribution in [0.15, 0.2) is 0 Å². The summed E-state index contributed by atoms with van der Waals surface area (Å²) in [6, 6.07) is 0. The van der Waals surface area contributed by atoms with Gasteiger partial charge in [0.05, 0.1) is 11.8 Å². The van der Waals surface area contributed by atoms with Gasteiger partial charge in [-0.3, -0.25) is 9.59 Å². The summed E-state index contributed by atoms with van der Waals surface area (Å²) in [7, 11) is 0. The molecule has 4 nitrogen and oxygen atoms in total. The summed E-state index contributed by atoms with van der Waals surface area (Å²) in [4.78, 5) is 21.4. The van der Waals surface area contributed by atoms with Gasteiger partial charge in [0.1, 0.15) is 0 Å². The van der Waals surface area contributed by atoms with Gasteiger partial charge in [-0.15, -0.1) is 0 Å². The third-order valence-electron chi connectivity index (χ3n) is 3.91. The second kappa shape index (κ2) is 8.57. The molecule has 2 heterocycles. The minimum atomic E-state index is -4.22. The molecule has 2 saturated heterocycles. The molecule has 0 aromatic carbocycles. The highest BCUT2D eigenvalue weighted by molar-refractivity contribution is 5.76. The van der Waals surface area contributed by atoms with Gasteiger partial charge in [0.25, 0.3) is 0 Å². The van der Waals surface area contributed by atoms with Gasteiger partial charge in [0.2, 0.25) is 11.8 Å². The van der Waals surface area contributed by atoms with E-state index in [9.17, 15) is 35.9 Å². The average Bonchev–Trinajstić information content (AvgIpc) is 2.78. The van der Waals surface area contributed by atoms with Crippen molar-refractivity contribution in [3.63, 3.8) is 0 Å². The van der Waals surface area contributed by atoms with Crippen LogP contribution >= 0.6 is 0 Å². The number of carbonyl (C=O) groups excluding carboxylic acids is 2. The first-order valence-corrected chi connectivity index (χ1v) is 7.67. The number of nitrogens with one attached hydrogen (secondary N) is 2. The predicted octanol–water partition coefficient (Wildman–Crippen LogP) is 2.93. The molecule has 2 aliphatic rings. The Labute approximate surface area is 135 Å². The van der Waals surface area contributed by atoms with E-state index in [1.807, 2.05) is 0 Å². The second-order valence-corrected chi connectivity index (χ2v) is 5.87. The van der Waals surface area contributed by atoms with E-state index >= 15 is 0 Å². The van der Waals surface area contributed by atoms with E-state index < -0.39 is 36.5 Å². The molecule has 0 radical (unpaired) electrons. The minimum absolute atomic E-state index is 0.0578. The van der Waals surface area contributed by atoms with Crippen molar-refractivity contribution in [1.29, 1.82) is 0 Å². The molecule has 10 heteroatoms. The molecule has 2 rings (SSSR count). The maximum absolute atomic E-state index is 12.1. The Kier molecular flexibility index (Phi) is 7.34. The normalized spacial score (nSPS) is 26.2. The fourth-order valence-electron chi connectivity index (χ4n) is 2.47. The lowest BCUT2D eigenvalue weighted by Crippen LogP contribution is -2.33. The molecular formula is C14H20F6N2O2. The fourth-order valence-corrected chi connectivity index (χ4v) is 2.47. The summed E-state index contributed by atoms with van der Waals surface area (Å²) in [5, 5.41) is 4.65. The molecule has 0 spiro atoms. The quantitative estimate of drug-likeness (QED) is 0.651. The van der Waals surface area contributed by atoms with E-state index in [0.717, 1.165) is 0 Å². The Bertz CT molecular complexity index is 436. The van der Waals surface area contributed by atoms with Gasteiger partial charge >= 0.3 is 12.4 Å². The summed E-state index contributed by atoms with van der Waals surface area (Å²) in [6.07, 6.45) is -7.73. The van der Waals surface area contributed by atoms with E-state index in [1.165, 1.54) is 0 Å². The largest absolute Gasteiger partial charge is 0.393 e. The number of amides is 2. The standard InChI is InChI=1S/2C7H10F3NO/c8-7(9,10)5-2-1-3-11-6(12)4-5;8-7(9,10)5-2-1-3-6(12)11-4-5/h2*5H,1-4H2,(H,11,12). The molecule has 2 aliphatic heterocycles. The van der Waals surface area contributed by atoms with Gasteiger partial charge in [-0.2, -0.15) is 26.3 Å². The SMILES string of the molecule is O=C1CC(C(F)(F)F)CCCN1.O=C1CCCC(C(F)(F)F)CN1. The van der Waals surface area contributed by atoms with Gasteiger partial charge in [-0.25, -0.2) is 0 Å². The maximum Gasteiger partial charge on any atom is 0.393 e. The molecule has 24 heavy (non-hydrogen) atoms. The molecule has 0 saturated carbocycles. The van der Waals surface area contributed by atoms with Crippen LogP contribution in [-0.4, -0.2) is 37.3 Å². The number of alkyl halides is 6. The molecule has 0 aromatic rings. The van der Waals surface area contributed by atoms with Crippen LogP contribution in [0.25, 0.3) is 0 Å². The van der Waals surface area contributed by atoms with Crippen molar-refractivity contribution in [2.75, 3.05) is 13.1 Å². The zero-order valence-corrected chi connectivity index (χ0v) is 12.9. The monoisotopic (exact) mass is 362 g/mol. The first-order chi connectivity index (χ1) is 11.0. The zero-order chi connectivity index (χ0) is 18.4. The van der Waals surface area contributed by atoms with Crippen molar-refractivity contribution in [2.24, 2.45) is 11.8 Å². The number of hydrogen-bond donors (Lipinski definition) is 2. The molecule has 140 valence electrons. The van der Waals surface area contributed by atoms with Gasteiger partial charge in [-0.1, -0.05) is 0 Å². The van der Waals surface area contributed by atoms with Crippen LogP contribution in [0.1, 0.15) is 38.5 Å². The van der Waals surface area contributed by atoms with Crippen LogP contribution in [0.5, 0.6) is 0 Å². The van der Waals surface area contributed by atoms with Crippen molar-refractivity contribution in [1.82, 2.24) is 10.6 Å². The van der Waals surface area contributed by atoms with Crippen molar-refractivity contribution in [2.45, 2.75) is 50.9 Å². The Morgan fingerprint density at radius 3 is 1.96 bits per heavy atom. The van der Waals surface area contributed by atoms with Gasteiger partial charge < -0.3 is 10.6 Å². The molecule has 0 aromatic heterocycles. The van der Waals surface area contributed by atoms with Gasteiger partial charge in [0.15, 0.2) is 0 Å². The lowest BCUT2D eigenvalue weighted by atomic mass is 10.0. The first kappa shape index (κ1) is 20.6. The van der Waals surface area contributed by atoms with E-state index in [0.29, 0.717) is 19.4 Å². The van der Waals surface area contributed by atoms with E-state index in [-0.39, 0.29) is 31.7 Å². The molecule has 0 aliphatic carbocycles. The predicted molar refractivity (Wildman–Crippen MR) is 72.8 cm³/mol. The number of halogens is 6. The molecular weight excluding hydrogens is 342 g/mol. The topological polar surface area (TPSA) is 58.2 Å². The van der Waals surface area contributed by atoms with Crippen LogP contribution in [0.3, 0.4) is 0 Å². The summed E-state index contributed by atoms with van der Waals surface area (Å²) in [5.74, 6) is -3.57. The van der Waals surface area contributed by atoms with Crippen LogP contribution in [-0.2, 0) is 9.59 Å². The molecule has 2 atom stereocenters. The summed E-state index contributed by atoms with van der Waals surface area (Å²) in [6.45, 7) is 0.105. The first-order valence-electron chi connectivity index (χ1n) is 7.67. The Morgan fingerprint density at radius 1 is 0.792 bits per heavy atom. The van der Waals surface area contributed by atoms with Crippen molar-refractivity contribution < 1.29 is 35.9 Å². The maximum atomic E-state index is 12.1. The molecule has 0 bridgehead atoms. The third-order valence-corrected chi connectivity index (χ3v) is 3.91. The van der Waals surface area contributed by atoms with Crippen LogP contribution < -0.4 is 10.6 Å². The lowest BCUT2D eigenvalue weighted by molar-refractivity contribution is -0.179. The van der Waals surface area contributed by atoms with E-state index in [4.69, 9.17) is 0 Å². The van der Waals surface area contributed by atoms with Gasteiger partial charge in [0, 0.05) is 25.9 Å². The Morgan fingerprint density at radius 2 is 1.38 bits per heavy atom. The second-order valence-electron chi connectivity index (χ2n) is 5.87. The Balaban J connectivity index is 0.000000240. The number of rotatable bonds is 0. The van der Waals surface area contributed by atoms with Crippen molar-refractivity contribution in [3.05, 3.63) is 0 Å². The van der Waals surface area contributed by atoms with Gasteiger partial charge in [-0.05, 0) is 25.7 Å². The molecule has 2 fully saturated rings. The number of carbonyl (C=O) groups is 2. The minimum Gasteiger partial charge on any atom is -0.356 e. The fraction of sp³-hybridized carbons (Fsp3) is 0.857. The molecule has 2 amide bonds. The third kappa shape index (κ3) is 7.39. The lowest BCUT2D eigenvalue weighted by Gasteiger charge is -2.17.